The van der Waals surface area contributed by atoms with Gasteiger partial charge >= 0.3 is 6.09 Å². The lowest BCUT2D eigenvalue weighted by atomic mass is 10.2. The van der Waals surface area contributed by atoms with Crippen LogP contribution in [0.5, 0.6) is 0 Å². The van der Waals surface area contributed by atoms with Gasteiger partial charge in [0.2, 0.25) is 0 Å². The van der Waals surface area contributed by atoms with Crippen LogP contribution in [0.2, 0.25) is 0 Å². The molecule has 0 radical (unpaired) electrons. The van der Waals surface area contributed by atoms with E-state index < -0.39 is 5.60 Å². The van der Waals surface area contributed by atoms with Crippen molar-refractivity contribution in [1.82, 2.24) is 15.5 Å². The molecule has 0 aliphatic carbocycles. The zero-order valence-electron chi connectivity index (χ0n) is 14.2. The van der Waals surface area contributed by atoms with Gasteiger partial charge in [0, 0.05) is 33.2 Å². The maximum absolute atomic E-state index is 11.9. The van der Waals surface area contributed by atoms with Gasteiger partial charge < -0.3 is 20.3 Å². The van der Waals surface area contributed by atoms with Crippen LogP contribution in [-0.4, -0.2) is 55.8 Å². The van der Waals surface area contributed by atoms with E-state index in [1.807, 2.05) is 27.7 Å². The van der Waals surface area contributed by atoms with Crippen molar-refractivity contribution in [1.29, 1.82) is 0 Å². The van der Waals surface area contributed by atoms with Crippen molar-refractivity contribution in [2.24, 2.45) is 4.99 Å². The lowest BCUT2D eigenvalue weighted by Crippen LogP contribution is -2.42. The van der Waals surface area contributed by atoms with Gasteiger partial charge in [-0.05, 0) is 34.1 Å². The van der Waals surface area contributed by atoms with E-state index >= 15 is 0 Å². The van der Waals surface area contributed by atoms with Crippen LogP contribution in [0.4, 0.5) is 4.79 Å². The van der Waals surface area contributed by atoms with Crippen molar-refractivity contribution in [3.63, 3.8) is 0 Å². The van der Waals surface area contributed by atoms with E-state index in [9.17, 15) is 4.79 Å². The van der Waals surface area contributed by atoms with Crippen LogP contribution >= 0.6 is 0 Å². The minimum atomic E-state index is -0.472. The second-order valence-corrected chi connectivity index (χ2v) is 5.90. The molecule has 0 fully saturated rings. The first-order valence-electron chi connectivity index (χ1n) is 7.22. The number of carbonyl (C=O) groups is 1. The molecule has 21 heavy (non-hydrogen) atoms. The second kappa shape index (κ2) is 9.26. The molecule has 0 aliphatic heterocycles. The number of carbonyl (C=O) groups excluding carboxylic acids is 1. The Morgan fingerprint density at radius 1 is 1.43 bits per heavy atom. The predicted octanol–water partition coefficient (Wildman–Crippen LogP) is 1.98. The fourth-order valence-corrected chi connectivity index (χ4v) is 1.50. The van der Waals surface area contributed by atoms with Gasteiger partial charge in [0.1, 0.15) is 5.60 Å². The fourth-order valence-electron chi connectivity index (χ4n) is 1.50. The van der Waals surface area contributed by atoms with Gasteiger partial charge in [-0.3, -0.25) is 4.99 Å². The number of guanidine groups is 1. The maximum atomic E-state index is 11.9. The van der Waals surface area contributed by atoms with Crippen molar-refractivity contribution in [2.75, 3.05) is 27.2 Å². The molecular formula is C15H30N4O2. The summed E-state index contributed by atoms with van der Waals surface area (Å²) in [6.07, 6.45) is 2.26. The third kappa shape index (κ3) is 8.94. The highest BCUT2D eigenvalue weighted by Gasteiger charge is 2.22. The van der Waals surface area contributed by atoms with Crippen molar-refractivity contribution in [3.05, 3.63) is 12.7 Å². The largest absolute Gasteiger partial charge is 0.444 e. The average Bonchev–Trinajstić information content (AvgIpc) is 2.39. The Kier molecular flexibility index (Phi) is 8.50. The summed E-state index contributed by atoms with van der Waals surface area (Å²) < 4.78 is 5.34. The predicted molar refractivity (Wildman–Crippen MR) is 87.6 cm³/mol. The van der Waals surface area contributed by atoms with Crippen LogP contribution in [0.25, 0.3) is 0 Å². The summed E-state index contributed by atoms with van der Waals surface area (Å²) in [5.74, 6) is 0.724. The molecule has 0 saturated carbocycles. The standard InChI is InChI=1S/C15H30N4O2/c1-8-10-17-13(16-6)18-11-9-12(2)19(7)14(20)21-15(3,4)5/h8,12H,1,9-11H2,2-7H3,(H2,16,17,18). The monoisotopic (exact) mass is 298 g/mol. The number of nitrogens with zero attached hydrogens (tertiary/aromatic N) is 2. The molecule has 0 saturated heterocycles. The molecule has 1 atom stereocenters. The molecule has 0 bridgehead atoms. The van der Waals surface area contributed by atoms with Crippen molar-refractivity contribution in [2.45, 2.75) is 45.8 Å². The van der Waals surface area contributed by atoms with Gasteiger partial charge in [-0.2, -0.15) is 0 Å². The van der Waals surface area contributed by atoms with Crippen LogP contribution < -0.4 is 10.6 Å². The average molecular weight is 298 g/mol. The van der Waals surface area contributed by atoms with Gasteiger partial charge in [0.15, 0.2) is 5.96 Å². The summed E-state index contributed by atoms with van der Waals surface area (Å²) in [4.78, 5) is 17.6. The first kappa shape index (κ1) is 19.3. The Hall–Kier alpha value is -1.72. The zero-order chi connectivity index (χ0) is 16.5. The number of hydrogen-bond donors (Lipinski definition) is 2. The van der Waals surface area contributed by atoms with Crippen LogP contribution in [-0.2, 0) is 4.74 Å². The topological polar surface area (TPSA) is 66.0 Å². The summed E-state index contributed by atoms with van der Waals surface area (Å²) in [7, 11) is 3.47. The Balaban J connectivity index is 4.15. The first-order chi connectivity index (χ1) is 9.71. The molecule has 6 heteroatoms. The first-order valence-corrected chi connectivity index (χ1v) is 7.22. The molecule has 0 aromatic rings. The summed E-state index contributed by atoms with van der Waals surface area (Å²) in [6, 6.07) is 0.0739. The minimum absolute atomic E-state index is 0.0739. The Morgan fingerprint density at radius 3 is 2.52 bits per heavy atom. The smallest absolute Gasteiger partial charge is 0.410 e. The van der Waals surface area contributed by atoms with E-state index in [1.165, 1.54) is 0 Å². The van der Waals surface area contributed by atoms with Crippen LogP contribution in [0.3, 0.4) is 0 Å². The van der Waals surface area contributed by atoms with E-state index in [4.69, 9.17) is 4.74 Å². The van der Waals surface area contributed by atoms with Gasteiger partial charge in [-0.25, -0.2) is 4.79 Å². The third-order valence-corrected chi connectivity index (χ3v) is 2.83. The molecule has 0 rings (SSSR count). The molecule has 1 amide bonds. The number of ether oxygens (including phenoxy) is 1. The van der Waals surface area contributed by atoms with Gasteiger partial charge in [-0.15, -0.1) is 6.58 Å². The fraction of sp³-hybridized carbons (Fsp3) is 0.733. The molecule has 6 nitrogen and oxygen atoms in total. The van der Waals surface area contributed by atoms with Crippen LogP contribution in [0.15, 0.2) is 17.6 Å². The normalized spacial score (nSPS) is 13.3. The summed E-state index contributed by atoms with van der Waals surface area (Å²) in [6.45, 7) is 12.6. The van der Waals surface area contributed by atoms with E-state index in [0.29, 0.717) is 13.1 Å². The number of aliphatic imine (C=N–C) groups is 1. The molecule has 0 spiro atoms. The van der Waals surface area contributed by atoms with Crippen LogP contribution in [0, 0.1) is 0 Å². The zero-order valence-corrected chi connectivity index (χ0v) is 14.2. The Labute approximate surface area is 128 Å². The quantitative estimate of drug-likeness (QED) is 0.447. The molecule has 0 aliphatic rings. The summed E-state index contributed by atoms with van der Waals surface area (Å²) in [5.41, 5.74) is -0.472. The SMILES string of the molecule is C=CCNC(=NC)NCCC(C)N(C)C(=O)OC(C)(C)C. The van der Waals surface area contributed by atoms with E-state index in [-0.39, 0.29) is 12.1 Å². The Morgan fingerprint density at radius 2 is 2.05 bits per heavy atom. The van der Waals surface area contributed by atoms with Crippen LogP contribution in [0.1, 0.15) is 34.1 Å². The second-order valence-electron chi connectivity index (χ2n) is 5.90. The van der Waals surface area contributed by atoms with Crippen molar-refractivity contribution in [3.8, 4) is 0 Å². The van der Waals surface area contributed by atoms with E-state index in [0.717, 1.165) is 12.4 Å². The molecular weight excluding hydrogens is 268 g/mol. The number of rotatable bonds is 6. The highest BCUT2D eigenvalue weighted by Crippen LogP contribution is 2.11. The van der Waals surface area contributed by atoms with Gasteiger partial charge in [-0.1, -0.05) is 6.08 Å². The third-order valence-electron chi connectivity index (χ3n) is 2.83. The number of hydrogen-bond acceptors (Lipinski definition) is 3. The molecule has 122 valence electrons. The lowest BCUT2D eigenvalue weighted by molar-refractivity contribution is 0.0230. The molecule has 0 aromatic heterocycles. The minimum Gasteiger partial charge on any atom is -0.444 e. The molecule has 2 N–H and O–H groups in total. The lowest BCUT2D eigenvalue weighted by Gasteiger charge is -2.28. The van der Waals surface area contributed by atoms with E-state index in [2.05, 4.69) is 22.2 Å². The molecule has 0 heterocycles. The highest BCUT2D eigenvalue weighted by atomic mass is 16.6. The molecule has 0 aromatic carbocycles. The van der Waals surface area contributed by atoms with Crippen molar-refractivity contribution < 1.29 is 9.53 Å². The van der Waals surface area contributed by atoms with Gasteiger partial charge in [0.25, 0.3) is 0 Å². The number of amides is 1. The van der Waals surface area contributed by atoms with Crippen molar-refractivity contribution >= 4 is 12.1 Å². The Bertz CT molecular complexity index is 361. The summed E-state index contributed by atoms with van der Waals surface area (Å²) >= 11 is 0. The highest BCUT2D eigenvalue weighted by molar-refractivity contribution is 5.79. The maximum Gasteiger partial charge on any atom is 0.410 e. The van der Waals surface area contributed by atoms with Gasteiger partial charge in [0.05, 0.1) is 0 Å². The molecule has 1 unspecified atom stereocenters. The van der Waals surface area contributed by atoms with E-state index in [1.54, 1.807) is 25.1 Å². The number of nitrogens with one attached hydrogen (secondary N) is 2. The summed E-state index contributed by atoms with van der Waals surface area (Å²) in [5, 5.41) is 6.28.